The lowest BCUT2D eigenvalue weighted by Crippen LogP contribution is -2.29. The molecule has 6 heteroatoms. The molecule has 0 bridgehead atoms. The minimum atomic E-state index is -3.41. The van der Waals surface area contributed by atoms with Crippen LogP contribution in [0.3, 0.4) is 0 Å². The van der Waals surface area contributed by atoms with Crippen LogP contribution in [0.15, 0.2) is 48.5 Å². The van der Waals surface area contributed by atoms with Crippen molar-refractivity contribution in [2.75, 3.05) is 17.4 Å². The smallest absolute Gasteiger partial charge is 0.298 e. The molecule has 0 spiro atoms. The number of carbonyl (C=O) groups excluding carboxylic acids is 1. The Morgan fingerprint density at radius 3 is 2.43 bits per heavy atom. The average Bonchev–Trinajstić information content (AvgIpc) is 2.87. The largest absolute Gasteiger partial charge is 0.301 e. The maximum absolute atomic E-state index is 11.9. The normalized spacial score (nSPS) is 16.9. The minimum Gasteiger partial charge on any atom is -0.298 e. The number of anilines is 1. The van der Waals surface area contributed by atoms with Gasteiger partial charge in [0.1, 0.15) is 6.29 Å². The predicted octanol–water partition coefficient (Wildman–Crippen LogP) is 1.82. The maximum atomic E-state index is 11.9. The number of nitrogens with zero attached hydrogens (tertiary/aromatic N) is 1. The predicted molar refractivity (Wildman–Crippen MR) is 81.5 cm³/mol. The molecule has 21 heavy (non-hydrogen) atoms. The van der Waals surface area contributed by atoms with Crippen molar-refractivity contribution in [2.45, 2.75) is 0 Å². The Hall–Kier alpha value is -2.18. The number of nitrogens with one attached hydrogen (secondary N) is 1. The quantitative estimate of drug-likeness (QED) is 0.880. The highest BCUT2D eigenvalue weighted by atomic mass is 32.2. The first-order chi connectivity index (χ1) is 10.1. The zero-order valence-corrected chi connectivity index (χ0v) is 12.0. The topological polar surface area (TPSA) is 66.5 Å². The highest BCUT2D eigenvalue weighted by molar-refractivity contribution is 7.91. The van der Waals surface area contributed by atoms with Crippen LogP contribution in [0.4, 0.5) is 5.69 Å². The van der Waals surface area contributed by atoms with Gasteiger partial charge >= 0.3 is 10.2 Å². The van der Waals surface area contributed by atoms with Crippen molar-refractivity contribution < 1.29 is 13.2 Å². The summed E-state index contributed by atoms with van der Waals surface area (Å²) in [7, 11) is -3.41. The molecular weight excluding hydrogens is 288 g/mol. The standard InChI is InChI=1S/C15H14N2O3S/c18-11-12-4-6-13(7-5-12)14-2-1-3-15(10-14)17-9-8-16-21(17,19)20/h1-7,10-11,16H,8-9H2. The van der Waals surface area contributed by atoms with Crippen molar-refractivity contribution in [3.63, 3.8) is 0 Å². The van der Waals surface area contributed by atoms with Crippen LogP contribution in [-0.4, -0.2) is 27.8 Å². The lowest BCUT2D eigenvalue weighted by molar-refractivity contribution is 0.112. The van der Waals surface area contributed by atoms with Crippen LogP contribution in [0.25, 0.3) is 11.1 Å². The van der Waals surface area contributed by atoms with Gasteiger partial charge < -0.3 is 0 Å². The Balaban J connectivity index is 1.98. The van der Waals surface area contributed by atoms with Gasteiger partial charge in [-0.1, -0.05) is 36.4 Å². The van der Waals surface area contributed by atoms with Gasteiger partial charge in [-0.05, 0) is 23.3 Å². The molecule has 1 heterocycles. The van der Waals surface area contributed by atoms with Gasteiger partial charge in [-0.3, -0.25) is 9.10 Å². The summed E-state index contributed by atoms with van der Waals surface area (Å²) in [5.74, 6) is 0. The van der Waals surface area contributed by atoms with Crippen LogP contribution < -0.4 is 9.03 Å². The molecule has 1 saturated heterocycles. The number of benzene rings is 2. The van der Waals surface area contributed by atoms with Gasteiger partial charge in [-0.15, -0.1) is 0 Å². The molecule has 108 valence electrons. The van der Waals surface area contributed by atoms with E-state index in [0.717, 1.165) is 17.4 Å². The second kappa shape index (κ2) is 5.31. The van der Waals surface area contributed by atoms with E-state index in [0.29, 0.717) is 24.3 Å². The molecule has 1 fully saturated rings. The number of aldehydes is 1. The third-order valence-corrected chi connectivity index (χ3v) is 4.95. The van der Waals surface area contributed by atoms with E-state index in [1.54, 1.807) is 18.2 Å². The molecule has 3 rings (SSSR count). The first-order valence-electron chi connectivity index (χ1n) is 6.53. The van der Waals surface area contributed by atoms with E-state index in [9.17, 15) is 13.2 Å². The fourth-order valence-electron chi connectivity index (χ4n) is 2.34. The molecule has 2 aromatic rings. The Kier molecular flexibility index (Phi) is 3.48. The van der Waals surface area contributed by atoms with E-state index in [4.69, 9.17) is 0 Å². The molecule has 0 unspecified atom stereocenters. The average molecular weight is 302 g/mol. The SMILES string of the molecule is O=Cc1ccc(-c2cccc(N3CCNS3(=O)=O)c2)cc1. The lowest BCUT2D eigenvalue weighted by atomic mass is 10.0. The number of hydrogen-bond acceptors (Lipinski definition) is 3. The van der Waals surface area contributed by atoms with Crippen LogP contribution in [-0.2, 0) is 10.2 Å². The number of carbonyl (C=O) groups is 1. The second-order valence-corrected chi connectivity index (χ2v) is 6.44. The van der Waals surface area contributed by atoms with Gasteiger partial charge in [0.05, 0.1) is 5.69 Å². The fourth-order valence-corrected chi connectivity index (χ4v) is 3.56. The van der Waals surface area contributed by atoms with Crippen LogP contribution in [0.2, 0.25) is 0 Å². The zero-order valence-electron chi connectivity index (χ0n) is 11.2. The van der Waals surface area contributed by atoms with E-state index in [1.807, 2.05) is 30.3 Å². The van der Waals surface area contributed by atoms with Crippen molar-refractivity contribution in [3.05, 3.63) is 54.1 Å². The first kappa shape index (κ1) is 13.8. The van der Waals surface area contributed by atoms with Gasteiger partial charge in [-0.25, -0.2) is 0 Å². The third kappa shape index (κ3) is 2.68. The van der Waals surface area contributed by atoms with Crippen LogP contribution >= 0.6 is 0 Å². The van der Waals surface area contributed by atoms with Gasteiger partial charge in [0.25, 0.3) is 0 Å². The molecule has 0 aliphatic carbocycles. The molecule has 1 aliphatic heterocycles. The summed E-state index contributed by atoms with van der Waals surface area (Å²) in [4.78, 5) is 10.7. The second-order valence-electron chi connectivity index (χ2n) is 4.76. The highest BCUT2D eigenvalue weighted by Gasteiger charge is 2.27. The molecule has 1 N–H and O–H groups in total. The minimum absolute atomic E-state index is 0.417. The fraction of sp³-hybridized carbons (Fsp3) is 0.133. The summed E-state index contributed by atoms with van der Waals surface area (Å²) in [5, 5.41) is 0. The third-order valence-electron chi connectivity index (χ3n) is 3.40. The molecule has 2 aromatic carbocycles. The molecule has 5 nitrogen and oxygen atoms in total. The molecule has 0 radical (unpaired) electrons. The number of hydrogen-bond donors (Lipinski definition) is 1. The highest BCUT2D eigenvalue weighted by Crippen LogP contribution is 2.27. The lowest BCUT2D eigenvalue weighted by Gasteiger charge is -2.16. The van der Waals surface area contributed by atoms with Crippen LogP contribution in [0.5, 0.6) is 0 Å². The summed E-state index contributed by atoms with van der Waals surface area (Å²) in [6, 6.07) is 14.5. The van der Waals surface area contributed by atoms with Crippen molar-refractivity contribution in [1.29, 1.82) is 0 Å². The van der Waals surface area contributed by atoms with E-state index in [2.05, 4.69) is 4.72 Å². The van der Waals surface area contributed by atoms with E-state index >= 15 is 0 Å². The van der Waals surface area contributed by atoms with E-state index in [1.165, 1.54) is 4.31 Å². The van der Waals surface area contributed by atoms with Gasteiger partial charge in [0.15, 0.2) is 0 Å². The summed E-state index contributed by atoms with van der Waals surface area (Å²) in [5.41, 5.74) is 3.09. The van der Waals surface area contributed by atoms with Gasteiger partial charge in [-0.2, -0.15) is 13.1 Å². The first-order valence-corrected chi connectivity index (χ1v) is 7.97. The van der Waals surface area contributed by atoms with E-state index < -0.39 is 10.2 Å². The maximum Gasteiger partial charge on any atom is 0.301 e. The monoisotopic (exact) mass is 302 g/mol. The molecule has 0 aromatic heterocycles. The van der Waals surface area contributed by atoms with Crippen molar-refractivity contribution in [2.24, 2.45) is 0 Å². The van der Waals surface area contributed by atoms with Crippen molar-refractivity contribution >= 4 is 22.2 Å². The number of rotatable bonds is 3. The van der Waals surface area contributed by atoms with Gasteiger partial charge in [0.2, 0.25) is 0 Å². The van der Waals surface area contributed by atoms with E-state index in [-0.39, 0.29) is 0 Å². The van der Waals surface area contributed by atoms with Crippen molar-refractivity contribution in [1.82, 2.24) is 4.72 Å². The van der Waals surface area contributed by atoms with Crippen LogP contribution in [0.1, 0.15) is 10.4 Å². The molecular formula is C15H14N2O3S. The zero-order chi connectivity index (χ0) is 14.9. The Bertz CT molecular complexity index is 770. The Morgan fingerprint density at radius 2 is 1.81 bits per heavy atom. The van der Waals surface area contributed by atoms with Crippen molar-refractivity contribution in [3.8, 4) is 11.1 Å². The summed E-state index contributed by atoms with van der Waals surface area (Å²) < 4.78 is 27.6. The summed E-state index contributed by atoms with van der Waals surface area (Å²) >= 11 is 0. The molecule has 0 atom stereocenters. The van der Waals surface area contributed by atoms with Crippen LogP contribution in [0, 0.1) is 0 Å². The summed E-state index contributed by atoms with van der Waals surface area (Å²) in [6.07, 6.45) is 0.794. The Morgan fingerprint density at radius 1 is 1.05 bits per heavy atom. The molecule has 0 saturated carbocycles. The van der Waals surface area contributed by atoms with Gasteiger partial charge in [0, 0.05) is 18.7 Å². The molecule has 1 aliphatic rings. The summed E-state index contributed by atoms with van der Waals surface area (Å²) in [6.45, 7) is 0.844. The Labute approximate surface area is 123 Å². The molecule has 0 amide bonds.